The van der Waals surface area contributed by atoms with Gasteiger partial charge < -0.3 is 14.5 Å². The van der Waals surface area contributed by atoms with Gasteiger partial charge in [-0.1, -0.05) is 12.1 Å². The fraction of sp³-hybridized carbons (Fsp3) is 0.250. The first-order valence-electron chi connectivity index (χ1n) is 8.84. The first kappa shape index (κ1) is 15.9. The maximum atomic E-state index is 13.1. The van der Waals surface area contributed by atoms with Crippen LogP contribution >= 0.6 is 0 Å². The topological polar surface area (TPSA) is 82.2 Å². The van der Waals surface area contributed by atoms with Crippen LogP contribution < -0.4 is 10.1 Å². The molecule has 1 aromatic carbocycles. The maximum Gasteiger partial charge on any atom is 0.226 e. The van der Waals surface area contributed by atoms with Crippen LogP contribution in [0.1, 0.15) is 36.1 Å². The second-order valence-electron chi connectivity index (χ2n) is 6.76. The van der Waals surface area contributed by atoms with Gasteiger partial charge in [0.15, 0.2) is 5.78 Å². The molecule has 136 valence electrons. The van der Waals surface area contributed by atoms with Crippen molar-refractivity contribution >= 4 is 11.7 Å². The van der Waals surface area contributed by atoms with Crippen LogP contribution in [0.2, 0.25) is 0 Å². The van der Waals surface area contributed by atoms with Crippen LogP contribution in [0.5, 0.6) is 5.75 Å². The number of ether oxygens (including phenoxy) is 1. The van der Waals surface area contributed by atoms with Crippen molar-refractivity contribution in [2.75, 3.05) is 12.4 Å². The summed E-state index contributed by atoms with van der Waals surface area (Å²) in [5, 5.41) is 7.66. The maximum absolute atomic E-state index is 13.1. The number of carbonyl (C=O) groups excluding carboxylic acids is 1. The number of aromatic nitrogens is 3. The normalized spacial score (nSPS) is 21.4. The molecular formula is C20H18N4O3. The van der Waals surface area contributed by atoms with E-state index >= 15 is 0 Å². The van der Waals surface area contributed by atoms with Gasteiger partial charge in [0, 0.05) is 23.6 Å². The third-order valence-electron chi connectivity index (χ3n) is 5.24. The highest BCUT2D eigenvalue weighted by atomic mass is 16.5. The van der Waals surface area contributed by atoms with E-state index < -0.39 is 0 Å². The van der Waals surface area contributed by atoms with E-state index in [0.29, 0.717) is 18.8 Å². The number of carbonyl (C=O) groups is 1. The van der Waals surface area contributed by atoms with Crippen LogP contribution in [0.4, 0.5) is 5.95 Å². The van der Waals surface area contributed by atoms with Gasteiger partial charge in [0.25, 0.3) is 0 Å². The van der Waals surface area contributed by atoms with Crippen molar-refractivity contribution < 1.29 is 13.9 Å². The third-order valence-corrected chi connectivity index (χ3v) is 5.24. The van der Waals surface area contributed by atoms with Crippen LogP contribution in [0.25, 0.3) is 0 Å². The van der Waals surface area contributed by atoms with Crippen molar-refractivity contribution in [3.63, 3.8) is 0 Å². The molecule has 7 heteroatoms. The Morgan fingerprint density at radius 3 is 2.81 bits per heavy atom. The van der Waals surface area contributed by atoms with E-state index in [0.717, 1.165) is 28.3 Å². The monoisotopic (exact) mass is 362 g/mol. The molecule has 0 radical (unpaired) electrons. The Morgan fingerprint density at radius 2 is 2.07 bits per heavy atom. The summed E-state index contributed by atoms with van der Waals surface area (Å²) in [6.45, 7) is 0. The van der Waals surface area contributed by atoms with Gasteiger partial charge in [0.1, 0.15) is 23.9 Å². The van der Waals surface area contributed by atoms with Crippen LogP contribution in [-0.2, 0) is 4.79 Å². The molecule has 27 heavy (non-hydrogen) atoms. The quantitative estimate of drug-likeness (QED) is 0.770. The Balaban J connectivity index is 1.60. The number of methoxy groups -OCH3 is 1. The first-order valence-corrected chi connectivity index (χ1v) is 8.84. The lowest BCUT2D eigenvalue weighted by Gasteiger charge is -2.34. The van der Waals surface area contributed by atoms with Gasteiger partial charge in [0.2, 0.25) is 5.95 Å². The van der Waals surface area contributed by atoms with Crippen molar-refractivity contribution in [1.82, 2.24) is 14.8 Å². The number of benzene rings is 1. The average Bonchev–Trinajstić information content (AvgIpc) is 3.38. The lowest BCUT2D eigenvalue weighted by atomic mass is 9.79. The van der Waals surface area contributed by atoms with Gasteiger partial charge in [-0.15, -0.1) is 0 Å². The second kappa shape index (κ2) is 6.12. The highest BCUT2D eigenvalue weighted by Gasteiger charge is 2.39. The molecule has 0 bridgehead atoms. The highest BCUT2D eigenvalue weighted by Crippen LogP contribution is 2.43. The van der Waals surface area contributed by atoms with E-state index in [2.05, 4.69) is 15.4 Å². The number of furan rings is 1. The zero-order valence-corrected chi connectivity index (χ0v) is 14.8. The number of rotatable bonds is 3. The average molecular weight is 362 g/mol. The van der Waals surface area contributed by atoms with Crippen molar-refractivity contribution in [3.8, 4) is 5.75 Å². The molecule has 0 fully saturated rings. The minimum Gasteiger partial charge on any atom is -0.497 e. The van der Waals surface area contributed by atoms with Gasteiger partial charge in [-0.2, -0.15) is 10.1 Å². The fourth-order valence-corrected chi connectivity index (χ4v) is 3.97. The van der Waals surface area contributed by atoms with Crippen LogP contribution in [0.15, 0.2) is 64.7 Å². The largest absolute Gasteiger partial charge is 0.497 e. The Morgan fingerprint density at radius 1 is 1.22 bits per heavy atom. The van der Waals surface area contributed by atoms with E-state index in [-0.39, 0.29) is 17.7 Å². The number of anilines is 1. The molecule has 0 saturated heterocycles. The molecule has 2 aliphatic rings. The van der Waals surface area contributed by atoms with E-state index in [4.69, 9.17) is 9.15 Å². The summed E-state index contributed by atoms with van der Waals surface area (Å²) in [5.41, 5.74) is 2.62. The molecular weight excluding hydrogens is 344 g/mol. The van der Waals surface area contributed by atoms with E-state index in [9.17, 15) is 4.79 Å². The summed E-state index contributed by atoms with van der Waals surface area (Å²) in [6, 6.07) is 11.2. The zero-order chi connectivity index (χ0) is 18.4. The molecule has 7 nitrogen and oxygen atoms in total. The molecule has 0 spiro atoms. The Hall–Kier alpha value is -3.35. The lowest BCUT2D eigenvalue weighted by Crippen LogP contribution is -2.33. The number of allylic oxidation sites excluding steroid dienone is 2. The van der Waals surface area contributed by atoms with Crippen LogP contribution in [-0.4, -0.2) is 27.7 Å². The molecule has 3 aromatic rings. The van der Waals surface area contributed by atoms with Crippen molar-refractivity contribution in [3.05, 3.63) is 71.6 Å². The standard InChI is InChI=1S/C20H18N4O3/c1-26-14-6-4-12(5-7-14)19-18-15(23-20-21-11-22-24(19)20)9-13(10-16(18)25)17-3-2-8-27-17/h2-8,11,13,19H,9-10H2,1H3,(H,21,22,23)/t13-,19-/m0/s1. The molecule has 2 aromatic heterocycles. The minimum atomic E-state index is -0.297. The Labute approximate surface area is 155 Å². The lowest BCUT2D eigenvalue weighted by molar-refractivity contribution is -0.117. The SMILES string of the molecule is COc1ccc([C@H]2C3=C(C[C@H](c4ccco4)CC3=O)Nc3ncnn32)cc1. The third kappa shape index (κ3) is 2.54. The number of nitrogens with zero attached hydrogens (tertiary/aromatic N) is 3. The Kier molecular flexibility index (Phi) is 3.60. The van der Waals surface area contributed by atoms with Gasteiger partial charge in [-0.25, -0.2) is 4.68 Å². The summed E-state index contributed by atoms with van der Waals surface area (Å²) < 4.78 is 12.6. The Bertz CT molecular complexity index is 1020. The van der Waals surface area contributed by atoms with E-state index in [1.807, 2.05) is 36.4 Å². The first-order chi connectivity index (χ1) is 13.2. The van der Waals surface area contributed by atoms with E-state index in [1.54, 1.807) is 18.1 Å². The summed E-state index contributed by atoms with van der Waals surface area (Å²) in [5.74, 6) is 2.39. The van der Waals surface area contributed by atoms with Gasteiger partial charge in [-0.05, 0) is 36.2 Å². The predicted octanol–water partition coefficient (Wildman–Crippen LogP) is 3.30. The van der Waals surface area contributed by atoms with Crippen LogP contribution in [0, 0.1) is 0 Å². The van der Waals surface area contributed by atoms with Gasteiger partial charge >= 0.3 is 0 Å². The summed E-state index contributed by atoms with van der Waals surface area (Å²) in [7, 11) is 1.63. The zero-order valence-electron chi connectivity index (χ0n) is 14.8. The number of Topliss-reactive ketones (excluding diaryl/α,β-unsaturated/α-hetero) is 1. The summed E-state index contributed by atoms with van der Waals surface area (Å²) in [6.07, 6.45) is 4.28. The number of ketones is 1. The molecule has 0 amide bonds. The van der Waals surface area contributed by atoms with E-state index in [1.165, 1.54) is 6.33 Å². The minimum absolute atomic E-state index is 0.0322. The molecule has 0 saturated carbocycles. The summed E-state index contributed by atoms with van der Waals surface area (Å²) >= 11 is 0. The highest BCUT2D eigenvalue weighted by molar-refractivity contribution is 6.00. The summed E-state index contributed by atoms with van der Waals surface area (Å²) in [4.78, 5) is 17.5. The predicted molar refractivity (Wildman–Crippen MR) is 97.5 cm³/mol. The molecule has 1 aliphatic heterocycles. The molecule has 3 heterocycles. The van der Waals surface area contributed by atoms with Gasteiger partial charge in [-0.3, -0.25) is 4.79 Å². The number of hydrogen-bond acceptors (Lipinski definition) is 6. The van der Waals surface area contributed by atoms with Crippen molar-refractivity contribution in [2.24, 2.45) is 0 Å². The van der Waals surface area contributed by atoms with Crippen molar-refractivity contribution in [1.29, 1.82) is 0 Å². The molecule has 1 N–H and O–H groups in total. The van der Waals surface area contributed by atoms with Crippen molar-refractivity contribution in [2.45, 2.75) is 24.8 Å². The molecule has 5 rings (SSSR count). The van der Waals surface area contributed by atoms with Crippen LogP contribution in [0.3, 0.4) is 0 Å². The second-order valence-corrected chi connectivity index (χ2v) is 6.76. The number of nitrogens with one attached hydrogen (secondary N) is 1. The van der Waals surface area contributed by atoms with Gasteiger partial charge in [0.05, 0.1) is 13.4 Å². The smallest absolute Gasteiger partial charge is 0.226 e. The number of fused-ring (bicyclic) bond motifs is 1. The molecule has 0 unspecified atom stereocenters. The number of hydrogen-bond donors (Lipinski definition) is 1. The molecule has 1 aliphatic carbocycles. The fourth-order valence-electron chi connectivity index (χ4n) is 3.97. The molecule has 2 atom stereocenters.